The third-order valence-electron chi connectivity index (χ3n) is 2.75. The van der Waals surface area contributed by atoms with Crippen molar-refractivity contribution in [1.29, 1.82) is 0 Å². The Morgan fingerprint density at radius 2 is 2.05 bits per heavy atom. The highest BCUT2D eigenvalue weighted by Crippen LogP contribution is 2.12. The second-order valence-corrected chi connectivity index (χ2v) is 5.07. The van der Waals surface area contributed by atoms with E-state index in [0.29, 0.717) is 25.3 Å². The van der Waals surface area contributed by atoms with E-state index in [2.05, 4.69) is 10.3 Å². The first-order valence-corrected chi connectivity index (χ1v) is 6.59. The van der Waals surface area contributed by atoms with Gasteiger partial charge in [-0.25, -0.2) is 0 Å². The molecular formula is C14H23N3O2. The normalized spacial score (nSPS) is 11.2. The second-order valence-electron chi connectivity index (χ2n) is 5.07. The molecule has 0 spiro atoms. The molecule has 1 rings (SSSR count). The zero-order chi connectivity index (χ0) is 14.5. The highest BCUT2D eigenvalue weighted by atomic mass is 16.3. The van der Waals surface area contributed by atoms with Crippen LogP contribution in [0.3, 0.4) is 0 Å². The van der Waals surface area contributed by atoms with Crippen molar-refractivity contribution in [2.75, 3.05) is 25.0 Å². The minimum Gasteiger partial charge on any atom is -0.389 e. The number of hydrogen-bond donors (Lipinski definition) is 2. The van der Waals surface area contributed by atoms with Gasteiger partial charge >= 0.3 is 0 Å². The summed E-state index contributed by atoms with van der Waals surface area (Å²) in [6, 6.07) is 3.50. The van der Waals surface area contributed by atoms with Crippen LogP contribution in [-0.2, 0) is 0 Å². The van der Waals surface area contributed by atoms with Crippen LogP contribution in [0.5, 0.6) is 0 Å². The van der Waals surface area contributed by atoms with Crippen molar-refractivity contribution >= 4 is 11.6 Å². The van der Waals surface area contributed by atoms with Gasteiger partial charge in [0, 0.05) is 31.5 Å². The monoisotopic (exact) mass is 265 g/mol. The van der Waals surface area contributed by atoms with Gasteiger partial charge in [-0.05, 0) is 39.8 Å². The van der Waals surface area contributed by atoms with Crippen LogP contribution in [0.2, 0.25) is 0 Å². The number of amides is 1. The van der Waals surface area contributed by atoms with Crippen LogP contribution in [0.4, 0.5) is 5.69 Å². The van der Waals surface area contributed by atoms with Crippen molar-refractivity contribution < 1.29 is 9.90 Å². The van der Waals surface area contributed by atoms with Crippen LogP contribution in [-0.4, -0.2) is 46.1 Å². The first-order chi connectivity index (χ1) is 8.87. The van der Waals surface area contributed by atoms with Crippen molar-refractivity contribution in [2.45, 2.75) is 33.3 Å². The van der Waals surface area contributed by atoms with Crippen molar-refractivity contribution in [3.8, 4) is 0 Å². The summed E-state index contributed by atoms with van der Waals surface area (Å²) in [5, 5.41) is 12.8. The van der Waals surface area contributed by atoms with E-state index >= 15 is 0 Å². The van der Waals surface area contributed by atoms with E-state index in [1.807, 2.05) is 13.8 Å². The van der Waals surface area contributed by atoms with Gasteiger partial charge in [0.25, 0.3) is 5.91 Å². The Kier molecular flexibility index (Phi) is 5.30. The number of nitrogens with zero attached hydrogens (tertiary/aromatic N) is 2. The standard InChI is InChI=1S/C14H23N3O2/c1-5-17(6-2)13(18)12-9-11(7-8-15-12)16-10-14(3,4)19/h7-9,19H,5-6,10H2,1-4H3,(H,15,16). The molecule has 0 radical (unpaired) electrons. The number of pyridine rings is 1. The number of rotatable bonds is 6. The Morgan fingerprint density at radius 1 is 1.42 bits per heavy atom. The van der Waals surface area contributed by atoms with Crippen molar-refractivity contribution in [1.82, 2.24) is 9.88 Å². The lowest BCUT2D eigenvalue weighted by atomic mass is 10.1. The lowest BCUT2D eigenvalue weighted by Crippen LogP contribution is -2.31. The molecule has 1 heterocycles. The van der Waals surface area contributed by atoms with Gasteiger partial charge in [-0.1, -0.05) is 0 Å². The molecule has 0 aromatic carbocycles. The lowest BCUT2D eigenvalue weighted by Gasteiger charge is -2.20. The minimum absolute atomic E-state index is 0.0723. The van der Waals surface area contributed by atoms with E-state index in [4.69, 9.17) is 0 Å². The zero-order valence-corrected chi connectivity index (χ0v) is 12.1. The van der Waals surface area contributed by atoms with Crippen LogP contribution in [0.25, 0.3) is 0 Å². The van der Waals surface area contributed by atoms with Gasteiger partial charge in [0.1, 0.15) is 5.69 Å². The molecule has 0 aliphatic rings. The van der Waals surface area contributed by atoms with E-state index in [0.717, 1.165) is 5.69 Å². The molecule has 0 atom stereocenters. The fourth-order valence-corrected chi connectivity index (χ4v) is 1.65. The smallest absolute Gasteiger partial charge is 0.272 e. The SMILES string of the molecule is CCN(CC)C(=O)c1cc(NCC(C)(C)O)ccn1. The number of anilines is 1. The number of aliphatic hydroxyl groups is 1. The molecule has 0 aliphatic carbocycles. The molecule has 0 fully saturated rings. The second kappa shape index (κ2) is 6.52. The van der Waals surface area contributed by atoms with Crippen LogP contribution >= 0.6 is 0 Å². The number of nitrogens with one attached hydrogen (secondary N) is 1. The van der Waals surface area contributed by atoms with E-state index in [1.54, 1.807) is 37.1 Å². The number of hydrogen-bond acceptors (Lipinski definition) is 4. The highest BCUT2D eigenvalue weighted by molar-refractivity contribution is 5.93. The Labute approximate surface area is 114 Å². The quantitative estimate of drug-likeness (QED) is 0.822. The maximum absolute atomic E-state index is 12.1. The third kappa shape index (κ3) is 4.87. The Balaban J connectivity index is 2.79. The predicted molar refractivity (Wildman–Crippen MR) is 76.3 cm³/mol. The summed E-state index contributed by atoms with van der Waals surface area (Å²) in [4.78, 5) is 18.0. The molecule has 5 heteroatoms. The average molecular weight is 265 g/mol. The predicted octanol–water partition coefficient (Wildman–Crippen LogP) is 1.75. The van der Waals surface area contributed by atoms with Crippen molar-refractivity contribution in [3.63, 3.8) is 0 Å². The number of aromatic nitrogens is 1. The van der Waals surface area contributed by atoms with E-state index in [-0.39, 0.29) is 5.91 Å². The minimum atomic E-state index is -0.799. The van der Waals surface area contributed by atoms with E-state index in [9.17, 15) is 9.90 Å². The van der Waals surface area contributed by atoms with Gasteiger partial charge in [0.2, 0.25) is 0 Å². The highest BCUT2D eigenvalue weighted by Gasteiger charge is 2.15. The molecule has 5 nitrogen and oxygen atoms in total. The fourth-order valence-electron chi connectivity index (χ4n) is 1.65. The third-order valence-corrected chi connectivity index (χ3v) is 2.75. The molecule has 106 valence electrons. The molecule has 1 aromatic rings. The molecule has 0 saturated carbocycles. The van der Waals surface area contributed by atoms with Gasteiger partial charge in [0.15, 0.2) is 0 Å². The van der Waals surface area contributed by atoms with E-state index in [1.165, 1.54) is 0 Å². The Hall–Kier alpha value is -1.62. The van der Waals surface area contributed by atoms with Gasteiger partial charge < -0.3 is 15.3 Å². The van der Waals surface area contributed by atoms with Crippen LogP contribution in [0, 0.1) is 0 Å². The van der Waals surface area contributed by atoms with Crippen LogP contribution < -0.4 is 5.32 Å². The summed E-state index contributed by atoms with van der Waals surface area (Å²) in [7, 11) is 0. The summed E-state index contributed by atoms with van der Waals surface area (Å²) in [5.74, 6) is -0.0723. The summed E-state index contributed by atoms with van der Waals surface area (Å²) < 4.78 is 0. The maximum atomic E-state index is 12.1. The molecule has 19 heavy (non-hydrogen) atoms. The van der Waals surface area contributed by atoms with Gasteiger partial charge in [-0.2, -0.15) is 0 Å². The maximum Gasteiger partial charge on any atom is 0.272 e. The molecular weight excluding hydrogens is 242 g/mol. The van der Waals surface area contributed by atoms with Gasteiger partial charge in [0.05, 0.1) is 5.60 Å². The molecule has 0 saturated heterocycles. The fraction of sp³-hybridized carbons (Fsp3) is 0.571. The van der Waals surface area contributed by atoms with Crippen LogP contribution in [0.1, 0.15) is 38.2 Å². The first kappa shape index (κ1) is 15.4. The first-order valence-electron chi connectivity index (χ1n) is 6.59. The summed E-state index contributed by atoms with van der Waals surface area (Å²) >= 11 is 0. The van der Waals surface area contributed by atoms with Gasteiger partial charge in [-0.15, -0.1) is 0 Å². The van der Waals surface area contributed by atoms with Crippen molar-refractivity contribution in [3.05, 3.63) is 24.0 Å². The summed E-state index contributed by atoms with van der Waals surface area (Å²) in [5.41, 5.74) is 0.406. The van der Waals surface area contributed by atoms with E-state index < -0.39 is 5.60 Å². The number of carbonyl (C=O) groups excluding carboxylic acids is 1. The largest absolute Gasteiger partial charge is 0.389 e. The lowest BCUT2D eigenvalue weighted by molar-refractivity contribution is 0.0767. The summed E-state index contributed by atoms with van der Waals surface area (Å²) in [6.45, 7) is 9.08. The molecule has 0 aliphatic heterocycles. The molecule has 1 amide bonds. The Bertz CT molecular complexity index is 423. The van der Waals surface area contributed by atoms with Crippen molar-refractivity contribution in [2.24, 2.45) is 0 Å². The molecule has 2 N–H and O–H groups in total. The number of carbonyl (C=O) groups is 1. The average Bonchev–Trinajstić information content (AvgIpc) is 2.37. The van der Waals surface area contributed by atoms with Crippen LogP contribution in [0.15, 0.2) is 18.3 Å². The zero-order valence-electron chi connectivity index (χ0n) is 12.1. The summed E-state index contributed by atoms with van der Waals surface area (Å²) in [6.07, 6.45) is 1.60. The Morgan fingerprint density at radius 3 is 2.58 bits per heavy atom. The van der Waals surface area contributed by atoms with Gasteiger partial charge in [-0.3, -0.25) is 9.78 Å². The molecule has 0 unspecified atom stereocenters. The topological polar surface area (TPSA) is 65.5 Å². The molecule has 0 bridgehead atoms. The molecule has 1 aromatic heterocycles.